The smallest absolute Gasteiger partial charge is 0.0362 e. The fraction of sp³-hybridized carbons (Fsp3) is 1.00. The maximum absolute atomic E-state index is 7.11. The van der Waals surface area contributed by atoms with E-state index in [1.807, 2.05) is 0 Å². The van der Waals surface area contributed by atoms with Gasteiger partial charge in [0.1, 0.15) is 0 Å². The molecule has 4 N–H and O–H groups in total. The monoisotopic (exact) mass is 294 g/mol. The van der Waals surface area contributed by atoms with E-state index >= 15 is 0 Å². The molecule has 0 aromatic heterocycles. The van der Waals surface area contributed by atoms with Gasteiger partial charge in [-0.1, -0.05) is 27.7 Å². The predicted molar refractivity (Wildman–Crippen MR) is 91.9 cm³/mol. The molecule has 5 atom stereocenters. The molecular weight excluding hydrogens is 256 g/mol. The summed E-state index contributed by atoms with van der Waals surface area (Å²) < 4.78 is 0. The van der Waals surface area contributed by atoms with E-state index in [9.17, 15) is 0 Å². The molecule has 2 fully saturated rings. The molecule has 2 saturated carbocycles. The van der Waals surface area contributed by atoms with E-state index in [0.717, 1.165) is 23.7 Å². The van der Waals surface area contributed by atoms with Crippen LogP contribution >= 0.6 is 0 Å². The van der Waals surface area contributed by atoms with Crippen molar-refractivity contribution < 1.29 is 0 Å². The molecule has 0 aliphatic heterocycles. The standard InChI is InChI=1S/C19H38N2/c1-12-6-13(2)9-17(8-12)19(21,16(5)20)18-10-14(3)7-15(4)11-18/h12-18H,6-11,20-21H2,1-5H3. The van der Waals surface area contributed by atoms with E-state index in [1.54, 1.807) is 0 Å². The third kappa shape index (κ3) is 3.64. The van der Waals surface area contributed by atoms with Gasteiger partial charge in [0.25, 0.3) is 0 Å². The van der Waals surface area contributed by atoms with Crippen molar-refractivity contribution in [1.82, 2.24) is 0 Å². The summed E-state index contributed by atoms with van der Waals surface area (Å²) >= 11 is 0. The van der Waals surface area contributed by atoms with Gasteiger partial charge in [-0.25, -0.2) is 0 Å². The van der Waals surface area contributed by atoms with Crippen molar-refractivity contribution in [2.24, 2.45) is 47.0 Å². The number of nitrogens with two attached hydrogens (primary N) is 2. The molecule has 0 aromatic rings. The van der Waals surface area contributed by atoms with Crippen molar-refractivity contribution in [3.8, 4) is 0 Å². The molecule has 2 heteroatoms. The minimum absolute atomic E-state index is 0.0995. The van der Waals surface area contributed by atoms with Gasteiger partial charge in [0.15, 0.2) is 0 Å². The van der Waals surface area contributed by atoms with Gasteiger partial charge in [0, 0.05) is 11.6 Å². The highest BCUT2D eigenvalue weighted by atomic mass is 14.9. The van der Waals surface area contributed by atoms with Crippen molar-refractivity contribution in [3.05, 3.63) is 0 Å². The van der Waals surface area contributed by atoms with E-state index in [-0.39, 0.29) is 11.6 Å². The molecule has 0 spiro atoms. The topological polar surface area (TPSA) is 52.0 Å². The fourth-order valence-corrected chi connectivity index (χ4v) is 5.79. The molecular formula is C19H38N2. The van der Waals surface area contributed by atoms with Crippen molar-refractivity contribution in [2.75, 3.05) is 0 Å². The Morgan fingerprint density at radius 3 is 1.24 bits per heavy atom. The van der Waals surface area contributed by atoms with Gasteiger partial charge < -0.3 is 11.5 Å². The lowest BCUT2D eigenvalue weighted by atomic mass is 9.57. The van der Waals surface area contributed by atoms with Crippen LogP contribution < -0.4 is 11.5 Å². The van der Waals surface area contributed by atoms with Gasteiger partial charge in [-0.3, -0.25) is 0 Å². The first-order valence-corrected chi connectivity index (χ1v) is 9.27. The lowest BCUT2D eigenvalue weighted by Crippen LogP contribution is -2.65. The summed E-state index contributed by atoms with van der Waals surface area (Å²) in [7, 11) is 0. The Bertz CT molecular complexity index is 292. The van der Waals surface area contributed by atoms with Crippen LogP contribution in [-0.2, 0) is 0 Å². The summed E-state index contributed by atoms with van der Waals surface area (Å²) in [6.45, 7) is 11.8. The van der Waals surface area contributed by atoms with Gasteiger partial charge in [-0.15, -0.1) is 0 Å². The Labute approximate surface area is 132 Å². The highest BCUT2D eigenvalue weighted by molar-refractivity contribution is 5.05. The molecule has 2 rings (SSSR count). The first kappa shape index (κ1) is 17.3. The zero-order chi connectivity index (χ0) is 15.8. The lowest BCUT2D eigenvalue weighted by Gasteiger charge is -2.52. The van der Waals surface area contributed by atoms with Crippen molar-refractivity contribution in [3.63, 3.8) is 0 Å². The zero-order valence-electron chi connectivity index (χ0n) is 14.9. The van der Waals surface area contributed by atoms with Crippen LogP contribution in [0.15, 0.2) is 0 Å². The largest absolute Gasteiger partial charge is 0.326 e. The molecule has 0 amide bonds. The van der Waals surface area contributed by atoms with Crippen LogP contribution in [0.2, 0.25) is 0 Å². The Balaban J connectivity index is 2.22. The van der Waals surface area contributed by atoms with Crippen LogP contribution in [-0.4, -0.2) is 11.6 Å². The average molecular weight is 295 g/mol. The van der Waals surface area contributed by atoms with Crippen molar-refractivity contribution >= 4 is 0 Å². The summed E-state index contributed by atoms with van der Waals surface area (Å²) in [6.07, 6.45) is 7.85. The molecule has 0 radical (unpaired) electrons. The summed E-state index contributed by atoms with van der Waals surface area (Å²) in [5.41, 5.74) is 13.4. The Kier molecular flexibility index (Phi) is 5.41. The zero-order valence-corrected chi connectivity index (χ0v) is 14.9. The third-order valence-electron chi connectivity index (χ3n) is 6.56. The van der Waals surface area contributed by atoms with E-state index in [0.29, 0.717) is 11.8 Å². The molecule has 0 aromatic carbocycles. The second kappa shape index (κ2) is 6.58. The minimum Gasteiger partial charge on any atom is -0.326 e. The van der Waals surface area contributed by atoms with Gasteiger partial charge in [-0.05, 0) is 81.0 Å². The highest BCUT2D eigenvalue weighted by Gasteiger charge is 2.48. The minimum atomic E-state index is -0.161. The van der Waals surface area contributed by atoms with Gasteiger partial charge in [0.2, 0.25) is 0 Å². The van der Waals surface area contributed by atoms with Gasteiger partial charge in [-0.2, -0.15) is 0 Å². The van der Waals surface area contributed by atoms with Crippen molar-refractivity contribution in [1.29, 1.82) is 0 Å². The molecule has 0 heterocycles. The van der Waals surface area contributed by atoms with E-state index in [4.69, 9.17) is 11.5 Å². The summed E-state index contributed by atoms with van der Waals surface area (Å²) in [4.78, 5) is 0. The molecule has 124 valence electrons. The van der Waals surface area contributed by atoms with Crippen LogP contribution in [0.3, 0.4) is 0 Å². The quantitative estimate of drug-likeness (QED) is 0.820. The second-order valence-electron chi connectivity index (χ2n) is 9.02. The Morgan fingerprint density at radius 2 is 1.00 bits per heavy atom. The molecule has 21 heavy (non-hydrogen) atoms. The number of hydrogen-bond acceptors (Lipinski definition) is 2. The Morgan fingerprint density at radius 1 is 0.714 bits per heavy atom. The van der Waals surface area contributed by atoms with Crippen LogP contribution in [0.4, 0.5) is 0 Å². The highest BCUT2D eigenvalue weighted by Crippen LogP contribution is 2.47. The fourth-order valence-electron chi connectivity index (χ4n) is 5.79. The van der Waals surface area contributed by atoms with E-state index < -0.39 is 0 Å². The van der Waals surface area contributed by atoms with Crippen LogP contribution in [0.5, 0.6) is 0 Å². The van der Waals surface area contributed by atoms with Crippen LogP contribution in [0.25, 0.3) is 0 Å². The maximum Gasteiger partial charge on any atom is 0.0362 e. The van der Waals surface area contributed by atoms with Gasteiger partial charge in [0.05, 0.1) is 0 Å². The SMILES string of the molecule is CC1CC(C)CC(C(N)(C(C)N)C2CC(C)CC(C)C2)C1. The molecule has 5 unspecified atom stereocenters. The predicted octanol–water partition coefficient (Wildman–Crippen LogP) is 4.18. The molecule has 0 saturated heterocycles. The second-order valence-corrected chi connectivity index (χ2v) is 9.02. The van der Waals surface area contributed by atoms with Crippen molar-refractivity contribution in [2.45, 2.75) is 84.7 Å². The summed E-state index contributed by atoms with van der Waals surface area (Å²) in [6, 6.07) is 0.0995. The van der Waals surface area contributed by atoms with Crippen LogP contribution in [0, 0.1) is 35.5 Å². The van der Waals surface area contributed by atoms with Gasteiger partial charge >= 0.3 is 0 Å². The summed E-state index contributed by atoms with van der Waals surface area (Å²) in [5, 5.41) is 0. The Hall–Kier alpha value is -0.0800. The lowest BCUT2D eigenvalue weighted by molar-refractivity contribution is 0.0342. The molecule has 2 aliphatic carbocycles. The average Bonchev–Trinajstić information content (AvgIpc) is 2.35. The molecule has 2 nitrogen and oxygen atoms in total. The first-order valence-electron chi connectivity index (χ1n) is 9.27. The normalized spacial score (nSPS) is 45.9. The number of rotatable bonds is 3. The molecule has 0 bridgehead atoms. The molecule has 2 aliphatic rings. The maximum atomic E-state index is 7.11. The number of hydrogen-bond donors (Lipinski definition) is 2. The third-order valence-corrected chi connectivity index (χ3v) is 6.56. The summed E-state index contributed by atoms with van der Waals surface area (Å²) in [5.74, 6) is 4.44. The van der Waals surface area contributed by atoms with E-state index in [2.05, 4.69) is 34.6 Å². The van der Waals surface area contributed by atoms with Crippen LogP contribution in [0.1, 0.15) is 73.1 Å². The van der Waals surface area contributed by atoms with E-state index in [1.165, 1.54) is 38.5 Å². The first-order chi connectivity index (χ1) is 9.73.